The highest BCUT2D eigenvalue weighted by Gasteiger charge is 2.34. The first-order chi connectivity index (χ1) is 20.4. The number of nitrogens with two attached hydrogens (primary N) is 1. The standard InChI is InChI=1S/C31H56N5O5P/c1-4-5-6-7-8-9-10-11-12-13-14-15-16-17-19-39-20-18-21-40-42(3,37)41-24-26-22-27(23-26)36-25-33-28-29(36)34-31(32)35-30(28)38-2/h25-27H,4-24H2,1-3H3,(H2,32,34,35). The van der Waals surface area contributed by atoms with Crippen LogP contribution in [0.15, 0.2) is 6.33 Å². The second-order valence-corrected chi connectivity index (χ2v) is 13.9. The summed E-state index contributed by atoms with van der Waals surface area (Å²) < 4.78 is 37.0. The summed E-state index contributed by atoms with van der Waals surface area (Å²) >= 11 is 0. The Labute approximate surface area is 253 Å². The maximum absolute atomic E-state index is 12.7. The van der Waals surface area contributed by atoms with Gasteiger partial charge in [-0.3, -0.25) is 4.57 Å². The van der Waals surface area contributed by atoms with Crippen LogP contribution in [-0.2, 0) is 18.3 Å². The predicted octanol–water partition coefficient (Wildman–Crippen LogP) is 8.11. The fourth-order valence-corrected chi connectivity index (χ4v) is 6.57. The van der Waals surface area contributed by atoms with Gasteiger partial charge in [0.2, 0.25) is 11.8 Å². The van der Waals surface area contributed by atoms with Crippen LogP contribution in [0.2, 0.25) is 0 Å². The number of hydrogen-bond acceptors (Lipinski definition) is 9. The highest BCUT2D eigenvalue weighted by Crippen LogP contribution is 2.47. The van der Waals surface area contributed by atoms with E-state index >= 15 is 0 Å². The third kappa shape index (κ3) is 12.5. The number of methoxy groups -OCH3 is 1. The van der Waals surface area contributed by atoms with Crippen molar-refractivity contribution in [3.05, 3.63) is 6.33 Å². The molecule has 2 aromatic rings. The lowest BCUT2D eigenvalue weighted by atomic mass is 9.81. The number of aromatic nitrogens is 4. The van der Waals surface area contributed by atoms with Crippen LogP contribution in [-0.4, -0.2) is 59.7 Å². The van der Waals surface area contributed by atoms with Gasteiger partial charge in [-0.2, -0.15) is 9.97 Å². The van der Waals surface area contributed by atoms with E-state index in [2.05, 4.69) is 21.9 Å². The molecule has 1 aliphatic rings. The van der Waals surface area contributed by atoms with E-state index in [1.807, 2.05) is 4.57 Å². The van der Waals surface area contributed by atoms with E-state index in [9.17, 15) is 4.57 Å². The molecule has 0 spiro atoms. The number of imidazole rings is 1. The van der Waals surface area contributed by atoms with Gasteiger partial charge in [0, 0.05) is 25.9 Å². The molecule has 1 atom stereocenters. The normalized spacial score (nSPS) is 18.3. The van der Waals surface area contributed by atoms with Crippen molar-refractivity contribution < 1.29 is 23.1 Å². The van der Waals surface area contributed by atoms with Crippen molar-refractivity contribution in [2.75, 3.05) is 45.9 Å². The van der Waals surface area contributed by atoms with Gasteiger partial charge >= 0.3 is 7.60 Å². The number of rotatable bonds is 25. The van der Waals surface area contributed by atoms with Crippen LogP contribution in [0.4, 0.5) is 5.95 Å². The number of nitrogens with zero attached hydrogens (tertiary/aromatic N) is 4. The number of ether oxygens (including phenoxy) is 2. The average Bonchev–Trinajstić information content (AvgIpc) is 3.36. The molecule has 1 unspecified atom stereocenters. The van der Waals surface area contributed by atoms with E-state index in [1.165, 1.54) is 90.6 Å². The summed E-state index contributed by atoms with van der Waals surface area (Å²) in [5.74, 6) is 0.836. The average molecular weight is 610 g/mol. The Bertz CT molecular complexity index is 1060. The van der Waals surface area contributed by atoms with Gasteiger partial charge in [-0.1, -0.05) is 90.4 Å². The van der Waals surface area contributed by atoms with Crippen LogP contribution in [0.5, 0.6) is 5.88 Å². The van der Waals surface area contributed by atoms with Gasteiger partial charge in [-0.05, 0) is 31.6 Å². The molecule has 42 heavy (non-hydrogen) atoms. The molecular weight excluding hydrogens is 553 g/mol. The Morgan fingerprint density at radius 2 is 1.45 bits per heavy atom. The summed E-state index contributed by atoms with van der Waals surface area (Å²) in [4.78, 5) is 12.8. The Morgan fingerprint density at radius 3 is 2.07 bits per heavy atom. The van der Waals surface area contributed by atoms with Crippen molar-refractivity contribution in [3.8, 4) is 5.88 Å². The molecule has 2 N–H and O–H groups in total. The van der Waals surface area contributed by atoms with Gasteiger partial charge in [0.05, 0.1) is 26.7 Å². The fourth-order valence-electron chi connectivity index (χ4n) is 5.55. The Morgan fingerprint density at radius 1 is 0.857 bits per heavy atom. The Balaban J connectivity index is 1.11. The Hall–Kier alpha value is -1.74. The van der Waals surface area contributed by atoms with Crippen molar-refractivity contribution in [1.82, 2.24) is 19.5 Å². The quantitative estimate of drug-likeness (QED) is 0.0878. The zero-order chi connectivity index (χ0) is 30.0. The highest BCUT2D eigenvalue weighted by molar-refractivity contribution is 7.52. The molecular formula is C31H56N5O5P. The minimum atomic E-state index is -3.08. The van der Waals surface area contributed by atoms with Gasteiger partial charge in [0.25, 0.3) is 0 Å². The molecule has 2 heterocycles. The monoisotopic (exact) mass is 609 g/mol. The summed E-state index contributed by atoms with van der Waals surface area (Å²) in [7, 11) is -1.54. The van der Waals surface area contributed by atoms with Crippen LogP contribution < -0.4 is 10.5 Å². The van der Waals surface area contributed by atoms with E-state index in [4.69, 9.17) is 24.3 Å². The first kappa shape index (κ1) is 34.7. The van der Waals surface area contributed by atoms with E-state index in [1.54, 1.807) is 13.0 Å². The highest BCUT2D eigenvalue weighted by atomic mass is 31.2. The SMILES string of the molecule is CCCCCCCCCCCCCCCCOCCCOP(C)(=O)OCC1CC(n2cnc3c(OC)nc(N)nc32)C1. The van der Waals surface area contributed by atoms with Gasteiger partial charge < -0.3 is 28.8 Å². The van der Waals surface area contributed by atoms with Gasteiger partial charge in [0.1, 0.15) is 0 Å². The molecule has 0 aromatic carbocycles. The molecule has 0 saturated heterocycles. The summed E-state index contributed by atoms with van der Waals surface area (Å²) in [6.45, 7) is 6.03. The van der Waals surface area contributed by atoms with Crippen molar-refractivity contribution in [2.45, 2.75) is 122 Å². The second-order valence-electron chi connectivity index (χ2n) is 11.9. The summed E-state index contributed by atoms with van der Waals surface area (Å²) in [5.41, 5.74) is 7.09. The molecule has 240 valence electrons. The zero-order valence-corrected chi connectivity index (χ0v) is 27.3. The number of unbranched alkanes of at least 4 members (excludes halogenated alkanes) is 13. The third-order valence-electron chi connectivity index (χ3n) is 8.15. The summed E-state index contributed by atoms with van der Waals surface area (Å²) in [5, 5.41) is 0. The summed E-state index contributed by atoms with van der Waals surface area (Å²) in [6, 6.07) is 0.233. The van der Waals surface area contributed by atoms with Crippen LogP contribution in [0.25, 0.3) is 11.2 Å². The zero-order valence-electron chi connectivity index (χ0n) is 26.4. The molecule has 0 aliphatic heterocycles. The minimum absolute atomic E-state index is 0.157. The lowest BCUT2D eigenvalue weighted by Crippen LogP contribution is -2.29. The second kappa shape index (κ2) is 19.5. The number of fused-ring (bicyclic) bond motifs is 1. The van der Waals surface area contributed by atoms with Crippen LogP contribution in [0.3, 0.4) is 0 Å². The van der Waals surface area contributed by atoms with Gasteiger partial charge in [0.15, 0.2) is 11.2 Å². The van der Waals surface area contributed by atoms with Crippen molar-refractivity contribution in [1.29, 1.82) is 0 Å². The predicted molar refractivity (Wildman–Crippen MR) is 169 cm³/mol. The van der Waals surface area contributed by atoms with E-state index in [0.717, 1.165) is 25.9 Å². The topological polar surface area (TPSA) is 124 Å². The summed E-state index contributed by atoms with van der Waals surface area (Å²) in [6.07, 6.45) is 23.2. The van der Waals surface area contributed by atoms with Crippen molar-refractivity contribution in [2.24, 2.45) is 5.92 Å². The first-order valence-corrected chi connectivity index (χ1v) is 18.4. The lowest BCUT2D eigenvalue weighted by Gasteiger charge is -2.36. The molecule has 0 amide bonds. The number of hydrogen-bond donors (Lipinski definition) is 1. The maximum Gasteiger partial charge on any atom is 0.327 e. The third-order valence-corrected chi connectivity index (χ3v) is 9.42. The lowest BCUT2D eigenvalue weighted by molar-refractivity contribution is 0.0964. The molecule has 11 heteroatoms. The first-order valence-electron chi connectivity index (χ1n) is 16.4. The molecule has 0 bridgehead atoms. The van der Waals surface area contributed by atoms with Crippen LogP contribution >= 0.6 is 7.60 Å². The number of nitrogen functional groups attached to an aromatic ring is 1. The molecule has 10 nitrogen and oxygen atoms in total. The Kier molecular flexibility index (Phi) is 16.1. The molecule has 0 radical (unpaired) electrons. The van der Waals surface area contributed by atoms with Crippen molar-refractivity contribution in [3.63, 3.8) is 0 Å². The van der Waals surface area contributed by atoms with Gasteiger partial charge in [-0.15, -0.1) is 0 Å². The van der Waals surface area contributed by atoms with E-state index < -0.39 is 7.60 Å². The molecule has 1 saturated carbocycles. The minimum Gasteiger partial charge on any atom is -0.479 e. The number of anilines is 1. The fraction of sp³-hybridized carbons (Fsp3) is 0.839. The smallest absolute Gasteiger partial charge is 0.327 e. The maximum atomic E-state index is 12.7. The van der Waals surface area contributed by atoms with E-state index in [0.29, 0.717) is 49.2 Å². The molecule has 1 aliphatic carbocycles. The van der Waals surface area contributed by atoms with E-state index in [-0.39, 0.29) is 12.0 Å². The largest absolute Gasteiger partial charge is 0.479 e. The van der Waals surface area contributed by atoms with Gasteiger partial charge in [-0.25, -0.2) is 4.98 Å². The molecule has 1 fully saturated rings. The van der Waals surface area contributed by atoms with Crippen LogP contribution in [0, 0.1) is 5.92 Å². The molecule has 2 aromatic heterocycles. The van der Waals surface area contributed by atoms with Crippen molar-refractivity contribution >= 4 is 24.7 Å². The molecule has 3 rings (SSSR count). The van der Waals surface area contributed by atoms with Crippen LogP contribution in [0.1, 0.15) is 122 Å².